The van der Waals surface area contributed by atoms with Gasteiger partial charge < -0.3 is 10.0 Å². The molecule has 24 heavy (non-hydrogen) atoms. The lowest BCUT2D eigenvalue weighted by atomic mass is 9.90. The number of carboxylic acid groups (broad SMARTS) is 1. The Kier molecular flexibility index (Phi) is 5.10. The van der Waals surface area contributed by atoms with Crippen LogP contribution in [-0.2, 0) is 19.6 Å². The van der Waals surface area contributed by atoms with Gasteiger partial charge in [-0.05, 0) is 44.2 Å². The van der Waals surface area contributed by atoms with Crippen molar-refractivity contribution < 1.29 is 23.1 Å². The lowest BCUT2D eigenvalue weighted by Crippen LogP contribution is -2.34. The summed E-state index contributed by atoms with van der Waals surface area (Å²) < 4.78 is 25.5. The SMILES string of the molecule is CNS(=O)(=O)c1ccc(C=CC(=O)N2CCC(C)(C(=O)O)C2)cc1. The van der Waals surface area contributed by atoms with Crippen molar-refractivity contribution in [3.05, 3.63) is 35.9 Å². The standard InChI is InChI=1S/C16H20N2O5S/c1-16(15(20)21)9-10-18(11-16)14(19)8-5-12-3-6-13(7-4-12)24(22,23)17-2/h3-8,17H,9-11H2,1-2H3,(H,20,21). The summed E-state index contributed by atoms with van der Waals surface area (Å²) in [5, 5.41) is 9.18. The molecule has 1 aromatic carbocycles. The van der Waals surface area contributed by atoms with Crippen molar-refractivity contribution in [1.82, 2.24) is 9.62 Å². The molecule has 2 rings (SSSR count). The number of hydrogen-bond acceptors (Lipinski definition) is 4. The van der Waals surface area contributed by atoms with E-state index in [0.29, 0.717) is 18.5 Å². The zero-order chi connectivity index (χ0) is 18.0. The summed E-state index contributed by atoms with van der Waals surface area (Å²) in [5.74, 6) is -1.16. The van der Waals surface area contributed by atoms with Gasteiger partial charge in [-0.25, -0.2) is 13.1 Å². The Morgan fingerprint density at radius 3 is 2.42 bits per heavy atom. The third-order valence-electron chi connectivity index (χ3n) is 4.18. The van der Waals surface area contributed by atoms with Gasteiger partial charge in [-0.15, -0.1) is 0 Å². The van der Waals surface area contributed by atoms with E-state index in [-0.39, 0.29) is 17.3 Å². The largest absolute Gasteiger partial charge is 0.481 e. The van der Waals surface area contributed by atoms with E-state index in [1.54, 1.807) is 25.1 Å². The number of hydrogen-bond donors (Lipinski definition) is 2. The molecule has 1 atom stereocenters. The highest BCUT2D eigenvalue weighted by molar-refractivity contribution is 7.89. The van der Waals surface area contributed by atoms with Crippen LogP contribution in [0.4, 0.5) is 0 Å². The first-order valence-corrected chi connectivity index (χ1v) is 8.90. The van der Waals surface area contributed by atoms with E-state index in [1.165, 1.54) is 30.2 Å². The molecule has 0 saturated carbocycles. The number of amides is 1. The van der Waals surface area contributed by atoms with Crippen LogP contribution >= 0.6 is 0 Å². The molecule has 0 spiro atoms. The van der Waals surface area contributed by atoms with Gasteiger partial charge in [0.15, 0.2) is 0 Å². The van der Waals surface area contributed by atoms with Crippen molar-refractivity contribution in [2.24, 2.45) is 5.41 Å². The van der Waals surface area contributed by atoms with Gasteiger partial charge in [0.05, 0.1) is 10.3 Å². The molecule has 0 bridgehead atoms. The molecule has 7 nitrogen and oxygen atoms in total. The van der Waals surface area contributed by atoms with Gasteiger partial charge in [-0.3, -0.25) is 9.59 Å². The van der Waals surface area contributed by atoms with Crippen molar-refractivity contribution in [1.29, 1.82) is 0 Å². The predicted octanol–water partition coefficient (Wildman–Crippen LogP) is 0.931. The van der Waals surface area contributed by atoms with Gasteiger partial charge in [-0.2, -0.15) is 0 Å². The smallest absolute Gasteiger partial charge is 0.311 e. The summed E-state index contributed by atoms with van der Waals surface area (Å²) in [6, 6.07) is 6.10. The fourth-order valence-electron chi connectivity index (χ4n) is 2.47. The molecular weight excluding hydrogens is 332 g/mol. The van der Waals surface area contributed by atoms with Gasteiger partial charge in [-0.1, -0.05) is 12.1 Å². The Balaban J connectivity index is 2.04. The number of likely N-dealkylation sites (tertiary alicyclic amines) is 1. The molecular formula is C16H20N2O5S. The summed E-state index contributed by atoms with van der Waals surface area (Å²) in [4.78, 5) is 25.0. The van der Waals surface area contributed by atoms with E-state index in [1.807, 2.05) is 0 Å². The first kappa shape index (κ1) is 18.2. The van der Waals surface area contributed by atoms with E-state index >= 15 is 0 Å². The number of sulfonamides is 1. The topological polar surface area (TPSA) is 104 Å². The highest BCUT2D eigenvalue weighted by Crippen LogP contribution is 2.30. The average molecular weight is 352 g/mol. The number of benzene rings is 1. The first-order chi connectivity index (χ1) is 11.2. The zero-order valence-electron chi connectivity index (χ0n) is 13.5. The number of carboxylic acids is 1. The van der Waals surface area contributed by atoms with Crippen LogP contribution in [0.15, 0.2) is 35.2 Å². The summed E-state index contributed by atoms with van der Waals surface area (Å²) >= 11 is 0. The van der Waals surface area contributed by atoms with Gasteiger partial charge in [0.25, 0.3) is 0 Å². The second kappa shape index (κ2) is 6.74. The maximum absolute atomic E-state index is 12.1. The molecule has 8 heteroatoms. The number of nitrogens with one attached hydrogen (secondary N) is 1. The van der Waals surface area contributed by atoms with Crippen molar-refractivity contribution >= 4 is 28.0 Å². The Morgan fingerprint density at radius 2 is 1.92 bits per heavy atom. The molecule has 2 N–H and O–H groups in total. The third kappa shape index (κ3) is 3.82. The van der Waals surface area contributed by atoms with Crippen LogP contribution in [0.5, 0.6) is 0 Å². The second-order valence-corrected chi connectivity index (χ2v) is 7.87. The predicted molar refractivity (Wildman–Crippen MR) is 88.7 cm³/mol. The Labute approximate surface area is 141 Å². The molecule has 1 aliphatic heterocycles. The second-order valence-electron chi connectivity index (χ2n) is 5.99. The third-order valence-corrected chi connectivity index (χ3v) is 5.61. The van der Waals surface area contributed by atoms with E-state index in [9.17, 15) is 23.1 Å². The van der Waals surface area contributed by atoms with Gasteiger partial charge in [0.2, 0.25) is 15.9 Å². The number of nitrogens with zero attached hydrogens (tertiary/aromatic N) is 1. The summed E-state index contributed by atoms with van der Waals surface area (Å²) in [6.45, 7) is 2.23. The monoisotopic (exact) mass is 352 g/mol. The quantitative estimate of drug-likeness (QED) is 0.767. The number of carbonyl (C=O) groups is 2. The summed E-state index contributed by atoms with van der Waals surface area (Å²) in [7, 11) is -2.15. The minimum atomic E-state index is -3.49. The molecule has 0 radical (unpaired) electrons. The normalized spacial score (nSPS) is 21.3. The van der Waals surface area contributed by atoms with Crippen LogP contribution in [-0.4, -0.2) is 50.4 Å². The van der Waals surface area contributed by atoms with E-state index in [0.717, 1.165) is 0 Å². The van der Waals surface area contributed by atoms with Gasteiger partial charge in [0.1, 0.15) is 0 Å². The van der Waals surface area contributed by atoms with Crippen molar-refractivity contribution in [2.75, 3.05) is 20.1 Å². The Hall–Kier alpha value is -2.19. The minimum absolute atomic E-state index is 0.144. The van der Waals surface area contributed by atoms with Crippen LogP contribution in [0.3, 0.4) is 0 Å². The molecule has 1 aromatic rings. The van der Waals surface area contributed by atoms with Crippen LogP contribution in [0.2, 0.25) is 0 Å². The van der Waals surface area contributed by atoms with Crippen molar-refractivity contribution in [2.45, 2.75) is 18.2 Å². The summed E-state index contributed by atoms with van der Waals surface area (Å²) in [5.41, 5.74) is -0.217. The number of rotatable bonds is 5. The highest BCUT2D eigenvalue weighted by atomic mass is 32.2. The van der Waals surface area contributed by atoms with Gasteiger partial charge in [0, 0.05) is 19.2 Å². The van der Waals surface area contributed by atoms with E-state index < -0.39 is 21.4 Å². The molecule has 0 aliphatic carbocycles. The van der Waals surface area contributed by atoms with Gasteiger partial charge >= 0.3 is 5.97 Å². The first-order valence-electron chi connectivity index (χ1n) is 7.42. The average Bonchev–Trinajstić information content (AvgIpc) is 2.97. The maximum atomic E-state index is 12.1. The molecule has 1 saturated heterocycles. The lowest BCUT2D eigenvalue weighted by molar-refractivity contribution is -0.147. The fraction of sp³-hybridized carbons (Fsp3) is 0.375. The zero-order valence-corrected chi connectivity index (χ0v) is 14.3. The molecule has 1 aliphatic rings. The van der Waals surface area contributed by atoms with E-state index in [4.69, 9.17) is 0 Å². The van der Waals surface area contributed by atoms with Crippen molar-refractivity contribution in [3.63, 3.8) is 0 Å². The fourth-order valence-corrected chi connectivity index (χ4v) is 3.20. The molecule has 1 heterocycles. The Bertz CT molecular complexity index is 770. The van der Waals surface area contributed by atoms with Crippen LogP contribution in [0, 0.1) is 5.41 Å². The number of carbonyl (C=O) groups excluding carboxylic acids is 1. The van der Waals surface area contributed by atoms with Crippen LogP contribution in [0.25, 0.3) is 6.08 Å². The maximum Gasteiger partial charge on any atom is 0.311 e. The summed E-state index contributed by atoms with van der Waals surface area (Å²) in [6.07, 6.45) is 3.38. The lowest BCUT2D eigenvalue weighted by Gasteiger charge is -2.18. The molecule has 1 amide bonds. The molecule has 1 fully saturated rings. The molecule has 1 unspecified atom stereocenters. The molecule has 130 valence electrons. The Morgan fingerprint density at radius 1 is 1.29 bits per heavy atom. The highest BCUT2D eigenvalue weighted by Gasteiger charge is 2.41. The van der Waals surface area contributed by atoms with Crippen molar-refractivity contribution in [3.8, 4) is 0 Å². The van der Waals surface area contributed by atoms with Crippen LogP contribution in [0.1, 0.15) is 18.9 Å². The van der Waals surface area contributed by atoms with Crippen LogP contribution < -0.4 is 4.72 Å². The molecule has 0 aromatic heterocycles. The minimum Gasteiger partial charge on any atom is -0.481 e. The number of aliphatic carboxylic acids is 1. The van der Waals surface area contributed by atoms with E-state index in [2.05, 4.69) is 4.72 Å².